The number of carbonyl (C=O) groups is 1. The predicted octanol–water partition coefficient (Wildman–Crippen LogP) is 2.97. The van der Waals surface area contributed by atoms with Crippen molar-refractivity contribution in [2.75, 3.05) is 6.54 Å². The monoisotopic (exact) mass is 284 g/mol. The quantitative estimate of drug-likeness (QED) is 0.832. The Morgan fingerprint density at radius 1 is 1.10 bits per heavy atom. The standard InChI is InChI=1S/C17H17FN2O/c18-14-5-2-1-4-13(14)16-15-6-3-9-19(15)10-11-20(16)17(21)12-7-8-12/h1-6,9,12,16H,7-8,10-11H2/t16-/m1/s1. The number of hydrogen-bond donors (Lipinski definition) is 0. The van der Waals surface area contributed by atoms with Crippen molar-refractivity contribution in [3.05, 3.63) is 59.7 Å². The first-order valence-electron chi connectivity index (χ1n) is 7.45. The molecule has 108 valence electrons. The number of benzene rings is 1. The van der Waals surface area contributed by atoms with Gasteiger partial charge in [-0.05, 0) is 31.0 Å². The third-order valence-corrected chi connectivity index (χ3v) is 4.45. The van der Waals surface area contributed by atoms with E-state index in [0.29, 0.717) is 12.1 Å². The molecular formula is C17H17FN2O. The zero-order valence-corrected chi connectivity index (χ0v) is 11.7. The number of halogens is 1. The molecule has 0 N–H and O–H groups in total. The Morgan fingerprint density at radius 2 is 1.90 bits per heavy atom. The molecule has 4 heteroatoms. The normalized spacial score (nSPS) is 21.2. The van der Waals surface area contributed by atoms with Crippen molar-refractivity contribution in [1.29, 1.82) is 0 Å². The number of rotatable bonds is 2. The fraction of sp³-hybridized carbons (Fsp3) is 0.353. The lowest BCUT2D eigenvalue weighted by Gasteiger charge is -2.37. The average molecular weight is 284 g/mol. The van der Waals surface area contributed by atoms with Crippen LogP contribution in [0.1, 0.15) is 30.1 Å². The van der Waals surface area contributed by atoms with Crippen LogP contribution in [0, 0.1) is 11.7 Å². The first-order chi connectivity index (χ1) is 10.3. The molecule has 0 saturated heterocycles. The average Bonchev–Trinajstić information content (AvgIpc) is 3.24. The van der Waals surface area contributed by atoms with Gasteiger partial charge in [0.05, 0.1) is 0 Å². The van der Waals surface area contributed by atoms with Crippen molar-refractivity contribution in [2.24, 2.45) is 5.92 Å². The SMILES string of the molecule is O=C(C1CC1)N1CCn2cccc2[C@H]1c1ccccc1F. The molecule has 2 heterocycles. The summed E-state index contributed by atoms with van der Waals surface area (Å²) in [5.41, 5.74) is 1.59. The van der Waals surface area contributed by atoms with E-state index in [0.717, 1.165) is 25.1 Å². The molecule has 1 aromatic carbocycles. The van der Waals surface area contributed by atoms with Gasteiger partial charge in [0.1, 0.15) is 11.9 Å². The molecule has 1 atom stereocenters. The van der Waals surface area contributed by atoms with Gasteiger partial charge < -0.3 is 9.47 Å². The van der Waals surface area contributed by atoms with Crippen LogP contribution in [0.4, 0.5) is 4.39 Å². The summed E-state index contributed by atoms with van der Waals surface area (Å²) in [7, 11) is 0. The number of amides is 1. The topological polar surface area (TPSA) is 25.2 Å². The summed E-state index contributed by atoms with van der Waals surface area (Å²) in [6.07, 6.45) is 3.95. The van der Waals surface area contributed by atoms with Crippen LogP contribution in [0.3, 0.4) is 0 Å². The van der Waals surface area contributed by atoms with Crippen molar-refractivity contribution in [2.45, 2.75) is 25.4 Å². The summed E-state index contributed by atoms with van der Waals surface area (Å²) >= 11 is 0. The lowest BCUT2D eigenvalue weighted by Crippen LogP contribution is -2.43. The molecule has 2 aromatic rings. The summed E-state index contributed by atoms with van der Waals surface area (Å²) in [6.45, 7) is 1.43. The molecule has 1 aliphatic carbocycles. The number of aromatic nitrogens is 1. The highest BCUT2D eigenvalue weighted by Gasteiger charge is 2.40. The largest absolute Gasteiger partial charge is 0.348 e. The minimum atomic E-state index is -0.303. The Hall–Kier alpha value is -2.10. The third kappa shape index (κ3) is 2.06. The van der Waals surface area contributed by atoms with Gasteiger partial charge in [-0.1, -0.05) is 18.2 Å². The first-order valence-corrected chi connectivity index (χ1v) is 7.45. The fourth-order valence-electron chi connectivity index (χ4n) is 3.21. The number of carbonyl (C=O) groups excluding carboxylic acids is 1. The molecule has 0 radical (unpaired) electrons. The number of nitrogens with zero attached hydrogens (tertiary/aromatic N) is 2. The smallest absolute Gasteiger partial charge is 0.226 e. The Labute approximate surface area is 123 Å². The van der Waals surface area contributed by atoms with Gasteiger partial charge in [0, 0.05) is 36.5 Å². The van der Waals surface area contributed by atoms with Crippen molar-refractivity contribution in [3.8, 4) is 0 Å². The molecule has 1 aromatic heterocycles. The molecule has 1 fully saturated rings. The van der Waals surface area contributed by atoms with Gasteiger partial charge in [-0.2, -0.15) is 0 Å². The Kier molecular flexibility index (Phi) is 2.84. The van der Waals surface area contributed by atoms with Crippen LogP contribution < -0.4 is 0 Å². The highest BCUT2D eigenvalue weighted by atomic mass is 19.1. The molecule has 1 aliphatic heterocycles. The van der Waals surface area contributed by atoms with Gasteiger partial charge in [0.25, 0.3) is 0 Å². The van der Waals surface area contributed by atoms with E-state index in [2.05, 4.69) is 4.57 Å². The molecule has 1 saturated carbocycles. The van der Waals surface area contributed by atoms with Gasteiger partial charge in [-0.25, -0.2) is 4.39 Å². The maximum Gasteiger partial charge on any atom is 0.226 e. The number of fused-ring (bicyclic) bond motifs is 1. The van der Waals surface area contributed by atoms with Crippen LogP contribution in [0.2, 0.25) is 0 Å². The lowest BCUT2D eigenvalue weighted by atomic mass is 9.99. The Bertz CT molecular complexity index is 690. The van der Waals surface area contributed by atoms with Crippen LogP contribution in [-0.4, -0.2) is 21.9 Å². The molecular weight excluding hydrogens is 267 g/mol. The van der Waals surface area contributed by atoms with Crippen molar-refractivity contribution >= 4 is 5.91 Å². The van der Waals surface area contributed by atoms with Gasteiger partial charge in [-0.15, -0.1) is 0 Å². The molecule has 1 amide bonds. The third-order valence-electron chi connectivity index (χ3n) is 4.45. The van der Waals surface area contributed by atoms with E-state index in [-0.39, 0.29) is 23.7 Å². The van der Waals surface area contributed by atoms with Crippen LogP contribution >= 0.6 is 0 Å². The summed E-state index contributed by atoms with van der Waals surface area (Å²) in [6, 6.07) is 10.4. The van der Waals surface area contributed by atoms with Gasteiger partial charge in [0.15, 0.2) is 0 Å². The van der Waals surface area contributed by atoms with E-state index in [1.807, 2.05) is 29.3 Å². The molecule has 3 nitrogen and oxygen atoms in total. The van der Waals surface area contributed by atoms with E-state index < -0.39 is 0 Å². The van der Waals surface area contributed by atoms with E-state index in [1.54, 1.807) is 12.1 Å². The van der Waals surface area contributed by atoms with Crippen molar-refractivity contribution in [3.63, 3.8) is 0 Å². The Morgan fingerprint density at radius 3 is 2.67 bits per heavy atom. The van der Waals surface area contributed by atoms with Gasteiger partial charge in [0.2, 0.25) is 5.91 Å². The summed E-state index contributed by atoms with van der Waals surface area (Å²) in [4.78, 5) is 14.4. The van der Waals surface area contributed by atoms with Gasteiger partial charge in [-0.3, -0.25) is 4.79 Å². The minimum Gasteiger partial charge on any atom is -0.348 e. The second kappa shape index (κ2) is 4.72. The van der Waals surface area contributed by atoms with E-state index in [9.17, 15) is 9.18 Å². The molecule has 0 spiro atoms. The molecule has 21 heavy (non-hydrogen) atoms. The zero-order chi connectivity index (χ0) is 14.4. The van der Waals surface area contributed by atoms with E-state index >= 15 is 0 Å². The summed E-state index contributed by atoms with van der Waals surface area (Å²) < 4.78 is 16.4. The van der Waals surface area contributed by atoms with Crippen molar-refractivity contribution in [1.82, 2.24) is 9.47 Å². The van der Waals surface area contributed by atoms with E-state index in [1.165, 1.54) is 6.07 Å². The molecule has 2 aliphatic rings. The lowest BCUT2D eigenvalue weighted by molar-refractivity contribution is -0.135. The second-order valence-corrected chi connectivity index (χ2v) is 5.86. The highest BCUT2D eigenvalue weighted by Crippen LogP contribution is 2.39. The summed E-state index contributed by atoms with van der Waals surface area (Å²) in [5.74, 6) is 0.0854. The van der Waals surface area contributed by atoms with E-state index in [4.69, 9.17) is 0 Å². The molecule has 0 bridgehead atoms. The van der Waals surface area contributed by atoms with Crippen LogP contribution in [0.25, 0.3) is 0 Å². The molecule has 4 rings (SSSR count). The predicted molar refractivity (Wildman–Crippen MR) is 77.1 cm³/mol. The maximum absolute atomic E-state index is 14.3. The van der Waals surface area contributed by atoms with Crippen LogP contribution in [-0.2, 0) is 11.3 Å². The second-order valence-electron chi connectivity index (χ2n) is 5.86. The minimum absolute atomic E-state index is 0.154. The number of hydrogen-bond acceptors (Lipinski definition) is 1. The summed E-state index contributed by atoms with van der Waals surface area (Å²) in [5, 5.41) is 0. The van der Waals surface area contributed by atoms with Crippen LogP contribution in [0.15, 0.2) is 42.6 Å². The van der Waals surface area contributed by atoms with Crippen LogP contribution in [0.5, 0.6) is 0 Å². The maximum atomic E-state index is 14.3. The van der Waals surface area contributed by atoms with Crippen molar-refractivity contribution < 1.29 is 9.18 Å². The van der Waals surface area contributed by atoms with Gasteiger partial charge >= 0.3 is 0 Å². The molecule has 0 unspecified atom stereocenters. The zero-order valence-electron chi connectivity index (χ0n) is 11.7. The highest BCUT2D eigenvalue weighted by molar-refractivity contribution is 5.82. The fourth-order valence-corrected chi connectivity index (χ4v) is 3.21. The Balaban J connectivity index is 1.81. The first kappa shape index (κ1) is 12.6.